The number of nitrogens with zero attached hydrogens (tertiary/aromatic N) is 1. The minimum Gasteiger partial charge on any atom is -0.303 e. The molecule has 1 rings (SSSR count). The summed E-state index contributed by atoms with van der Waals surface area (Å²) >= 11 is 0. The van der Waals surface area contributed by atoms with Crippen molar-refractivity contribution in [3.05, 3.63) is 11.6 Å². The van der Waals surface area contributed by atoms with Crippen LogP contribution in [-0.4, -0.2) is 12.3 Å². The second-order valence-electron chi connectivity index (χ2n) is 2.59. The number of nitrogens with one attached hydrogen (secondary N) is 1. The fourth-order valence-electron chi connectivity index (χ4n) is 1.11. The van der Waals surface area contributed by atoms with Gasteiger partial charge in [0, 0.05) is 12.6 Å². The van der Waals surface area contributed by atoms with Crippen LogP contribution in [0.15, 0.2) is 16.8 Å². The molecule has 0 unspecified atom stereocenters. The van der Waals surface area contributed by atoms with Crippen LogP contribution in [-0.2, 0) is 0 Å². The summed E-state index contributed by atoms with van der Waals surface area (Å²) in [6.45, 7) is 4.30. The van der Waals surface area contributed by atoms with E-state index in [9.17, 15) is 0 Å². The van der Waals surface area contributed by atoms with Gasteiger partial charge in [0.05, 0.1) is 6.04 Å². The lowest BCUT2D eigenvalue weighted by Gasteiger charge is -2.08. The van der Waals surface area contributed by atoms with Gasteiger partial charge in [-0.05, 0) is 13.3 Å². The first-order valence-electron chi connectivity index (χ1n) is 3.78. The number of hydrazone groups is 1. The Morgan fingerprint density at radius 2 is 2.70 bits per heavy atom. The highest BCUT2D eigenvalue weighted by atomic mass is 15.3. The molecular formula is C8H14N2. The van der Waals surface area contributed by atoms with Crippen molar-refractivity contribution in [2.24, 2.45) is 5.10 Å². The van der Waals surface area contributed by atoms with Crippen molar-refractivity contribution in [2.75, 3.05) is 0 Å². The zero-order valence-electron chi connectivity index (χ0n) is 6.59. The molecule has 1 atom stereocenters. The van der Waals surface area contributed by atoms with Gasteiger partial charge < -0.3 is 5.43 Å². The molecule has 0 aliphatic carbocycles. The van der Waals surface area contributed by atoms with Crippen LogP contribution in [0.4, 0.5) is 0 Å². The number of hydrogen-bond donors (Lipinski definition) is 1. The van der Waals surface area contributed by atoms with Crippen molar-refractivity contribution in [1.29, 1.82) is 0 Å². The molecule has 1 aliphatic rings. The highest BCUT2D eigenvalue weighted by molar-refractivity contribution is 5.60. The number of allylic oxidation sites excluding steroid dienone is 1. The molecule has 1 N–H and O–H groups in total. The summed E-state index contributed by atoms with van der Waals surface area (Å²) in [5.74, 6) is 0. The van der Waals surface area contributed by atoms with E-state index in [4.69, 9.17) is 0 Å². The van der Waals surface area contributed by atoms with Crippen LogP contribution in [0, 0.1) is 0 Å². The van der Waals surface area contributed by atoms with E-state index in [1.54, 1.807) is 0 Å². The third-order valence-electron chi connectivity index (χ3n) is 1.74. The quantitative estimate of drug-likeness (QED) is 0.577. The van der Waals surface area contributed by atoms with E-state index in [1.165, 1.54) is 5.57 Å². The number of rotatable bonds is 2. The fraction of sp³-hybridized carbons (Fsp3) is 0.625. The van der Waals surface area contributed by atoms with Crippen LogP contribution < -0.4 is 5.43 Å². The lowest BCUT2D eigenvalue weighted by molar-refractivity contribution is 0.656. The minimum atomic E-state index is 0.472. The van der Waals surface area contributed by atoms with Gasteiger partial charge in [-0.3, -0.25) is 0 Å². The Morgan fingerprint density at radius 1 is 1.90 bits per heavy atom. The largest absolute Gasteiger partial charge is 0.303 e. The Hall–Kier alpha value is -0.790. The molecule has 1 heterocycles. The van der Waals surface area contributed by atoms with Gasteiger partial charge >= 0.3 is 0 Å². The summed E-state index contributed by atoms with van der Waals surface area (Å²) in [4.78, 5) is 0. The van der Waals surface area contributed by atoms with Crippen LogP contribution in [0.5, 0.6) is 0 Å². The molecular weight excluding hydrogens is 124 g/mol. The molecule has 0 aromatic rings. The summed E-state index contributed by atoms with van der Waals surface area (Å²) < 4.78 is 0. The second kappa shape index (κ2) is 3.40. The van der Waals surface area contributed by atoms with Gasteiger partial charge in [-0.25, -0.2) is 0 Å². The van der Waals surface area contributed by atoms with Gasteiger partial charge in [-0.1, -0.05) is 18.6 Å². The van der Waals surface area contributed by atoms with E-state index in [1.807, 2.05) is 6.21 Å². The zero-order valence-corrected chi connectivity index (χ0v) is 6.59. The van der Waals surface area contributed by atoms with Crippen molar-refractivity contribution in [2.45, 2.75) is 32.7 Å². The maximum atomic E-state index is 3.95. The van der Waals surface area contributed by atoms with E-state index in [0.717, 1.165) is 12.8 Å². The Labute approximate surface area is 62.0 Å². The molecule has 0 spiro atoms. The third kappa shape index (κ3) is 1.59. The van der Waals surface area contributed by atoms with E-state index < -0.39 is 0 Å². The topological polar surface area (TPSA) is 24.4 Å². The summed E-state index contributed by atoms with van der Waals surface area (Å²) in [5, 5.41) is 3.95. The average molecular weight is 138 g/mol. The highest BCUT2D eigenvalue weighted by Gasteiger charge is 2.10. The molecule has 1 aliphatic heterocycles. The van der Waals surface area contributed by atoms with Crippen molar-refractivity contribution in [3.8, 4) is 0 Å². The van der Waals surface area contributed by atoms with Crippen LogP contribution >= 0.6 is 0 Å². The second-order valence-corrected chi connectivity index (χ2v) is 2.59. The van der Waals surface area contributed by atoms with Crippen LogP contribution in [0.3, 0.4) is 0 Å². The average Bonchev–Trinajstić information content (AvgIpc) is 2.38. The van der Waals surface area contributed by atoms with Crippen LogP contribution in [0.2, 0.25) is 0 Å². The molecule has 0 saturated heterocycles. The maximum Gasteiger partial charge on any atom is 0.0696 e. The molecule has 56 valence electrons. The van der Waals surface area contributed by atoms with E-state index in [-0.39, 0.29) is 0 Å². The Morgan fingerprint density at radius 3 is 3.20 bits per heavy atom. The first kappa shape index (κ1) is 7.32. The van der Waals surface area contributed by atoms with Gasteiger partial charge in [0.15, 0.2) is 0 Å². The molecule has 0 saturated carbocycles. The molecule has 0 fully saturated rings. The maximum absolute atomic E-state index is 3.95. The first-order chi connectivity index (χ1) is 4.84. The summed E-state index contributed by atoms with van der Waals surface area (Å²) in [6.07, 6.45) is 6.33. The third-order valence-corrected chi connectivity index (χ3v) is 1.74. The monoisotopic (exact) mass is 138 g/mol. The van der Waals surface area contributed by atoms with Gasteiger partial charge in [0.2, 0.25) is 0 Å². The number of hydrogen-bond acceptors (Lipinski definition) is 2. The molecule has 0 aromatic heterocycles. The van der Waals surface area contributed by atoms with Crippen molar-refractivity contribution in [3.63, 3.8) is 0 Å². The van der Waals surface area contributed by atoms with E-state index in [2.05, 4.69) is 30.5 Å². The Kier molecular flexibility index (Phi) is 2.49. The molecule has 2 nitrogen and oxygen atoms in total. The molecule has 0 bridgehead atoms. The van der Waals surface area contributed by atoms with E-state index in [0.29, 0.717) is 6.04 Å². The summed E-state index contributed by atoms with van der Waals surface area (Å²) in [7, 11) is 0. The lowest BCUT2D eigenvalue weighted by atomic mass is 10.1. The highest BCUT2D eigenvalue weighted by Crippen LogP contribution is 2.08. The SMILES string of the molecule is CCC=C(C)[C@@H]1CC=NN1. The van der Waals surface area contributed by atoms with Gasteiger partial charge in [-0.15, -0.1) is 0 Å². The normalized spacial score (nSPS) is 25.0. The predicted octanol–water partition coefficient (Wildman–Crippen LogP) is 1.69. The smallest absolute Gasteiger partial charge is 0.0696 e. The van der Waals surface area contributed by atoms with E-state index >= 15 is 0 Å². The first-order valence-corrected chi connectivity index (χ1v) is 3.78. The standard InChI is InChI=1S/C8H14N2/c1-3-4-7(2)8-5-6-9-10-8/h4,6,8,10H,3,5H2,1-2H3/t8-/m0/s1. The van der Waals surface area contributed by atoms with Crippen molar-refractivity contribution < 1.29 is 0 Å². The molecule has 10 heavy (non-hydrogen) atoms. The van der Waals surface area contributed by atoms with Crippen LogP contribution in [0.1, 0.15) is 26.7 Å². The predicted molar refractivity (Wildman–Crippen MR) is 44.1 cm³/mol. The lowest BCUT2D eigenvalue weighted by Crippen LogP contribution is -2.19. The van der Waals surface area contributed by atoms with Gasteiger partial charge in [-0.2, -0.15) is 5.10 Å². The van der Waals surface area contributed by atoms with Crippen molar-refractivity contribution in [1.82, 2.24) is 5.43 Å². The summed E-state index contributed by atoms with van der Waals surface area (Å²) in [5.41, 5.74) is 4.45. The molecule has 0 amide bonds. The Balaban J connectivity index is 2.42. The van der Waals surface area contributed by atoms with Crippen molar-refractivity contribution >= 4 is 6.21 Å². The summed E-state index contributed by atoms with van der Waals surface area (Å²) in [6, 6.07) is 0.472. The molecule has 0 aromatic carbocycles. The fourth-order valence-corrected chi connectivity index (χ4v) is 1.11. The molecule has 2 heteroatoms. The van der Waals surface area contributed by atoms with Crippen LogP contribution in [0.25, 0.3) is 0 Å². The van der Waals surface area contributed by atoms with Gasteiger partial charge in [0.1, 0.15) is 0 Å². The Bertz CT molecular complexity index is 151. The molecule has 0 radical (unpaired) electrons. The zero-order chi connectivity index (χ0) is 7.40. The minimum absolute atomic E-state index is 0.472. The van der Waals surface area contributed by atoms with Gasteiger partial charge in [0.25, 0.3) is 0 Å².